The Balaban J connectivity index is 3.13. The third kappa shape index (κ3) is 2.79. The summed E-state index contributed by atoms with van der Waals surface area (Å²) in [6, 6.07) is 5.16. The number of ether oxygens (including phenoxy) is 1. The molecule has 1 aromatic carbocycles. The number of benzene rings is 1. The van der Waals surface area contributed by atoms with E-state index in [9.17, 15) is 17.6 Å². The summed E-state index contributed by atoms with van der Waals surface area (Å²) in [6.45, 7) is 0. The van der Waals surface area contributed by atoms with Crippen molar-refractivity contribution in [3.8, 4) is 0 Å². The van der Waals surface area contributed by atoms with Gasteiger partial charge in [0.15, 0.2) is 9.84 Å². The Kier molecular flexibility index (Phi) is 3.64. The molecule has 0 saturated carbocycles. The topological polar surface area (TPSA) is 60.4 Å². The number of methoxy groups -OCH3 is 1. The average molecular weight is 246 g/mol. The fourth-order valence-electron chi connectivity index (χ4n) is 1.14. The van der Waals surface area contributed by atoms with Crippen LogP contribution in [0.15, 0.2) is 29.2 Å². The smallest absolute Gasteiger partial charge is 0.345 e. The van der Waals surface area contributed by atoms with Gasteiger partial charge in [-0.15, -0.1) is 0 Å². The highest BCUT2D eigenvalue weighted by molar-refractivity contribution is 7.90. The molecule has 1 rings (SSSR count). The van der Waals surface area contributed by atoms with Crippen LogP contribution in [-0.2, 0) is 19.4 Å². The predicted molar refractivity (Wildman–Crippen MR) is 55.4 cm³/mol. The zero-order valence-corrected chi connectivity index (χ0v) is 9.62. The van der Waals surface area contributed by atoms with Gasteiger partial charge in [-0.25, -0.2) is 17.6 Å². The van der Waals surface area contributed by atoms with E-state index in [1.54, 1.807) is 0 Å². The van der Waals surface area contributed by atoms with Crippen molar-refractivity contribution in [1.82, 2.24) is 0 Å². The molecule has 6 heteroatoms. The van der Waals surface area contributed by atoms with E-state index in [0.717, 1.165) is 19.4 Å². The normalized spacial score (nSPS) is 13.2. The number of hydrogen-bond acceptors (Lipinski definition) is 4. The van der Waals surface area contributed by atoms with Gasteiger partial charge in [0, 0.05) is 6.26 Å². The maximum absolute atomic E-state index is 13.4. The standard InChI is InChI=1S/C10H11FO4S/c1-15-10(12)9(11)7-4-3-5-8(6-7)16(2,13)14/h3-6,9H,1-2H3. The Hall–Kier alpha value is -1.43. The van der Waals surface area contributed by atoms with Gasteiger partial charge in [0.2, 0.25) is 6.17 Å². The van der Waals surface area contributed by atoms with E-state index in [-0.39, 0.29) is 10.5 Å². The van der Waals surface area contributed by atoms with Gasteiger partial charge in [0.1, 0.15) is 0 Å². The van der Waals surface area contributed by atoms with Crippen LogP contribution in [0.1, 0.15) is 11.7 Å². The molecule has 0 spiro atoms. The van der Waals surface area contributed by atoms with Crippen molar-refractivity contribution in [2.75, 3.05) is 13.4 Å². The van der Waals surface area contributed by atoms with Crippen molar-refractivity contribution >= 4 is 15.8 Å². The number of alkyl halides is 1. The van der Waals surface area contributed by atoms with Crippen molar-refractivity contribution < 1.29 is 22.3 Å². The lowest BCUT2D eigenvalue weighted by atomic mass is 10.1. The number of halogens is 1. The molecule has 16 heavy (non-hydrogen) atoms. The summed E-state index contributed by atoms with van der Waals surface area (Å²) in [6.07, 6.45) is -0.955. The van der Waals surface area contributed by atoms with Crippen LogP contribution in [0.5, 0.6) is 0 Å². The summed E-state index contributed by atoms with van der Waals surface area (Å²) in [4.78, 5) is 10.9. The summed E-state index contributed by atoms with van der Waals surface area (Å²) in [5, 5.41) is 0. The molecule has 0 amide bonds. The molecule has 0 radical (unpaired) electrons. The molecule has 0 saturated heterocycles. The van der Waals surface area contributed by atoms with E-state index in [2.05, 4.69) is 4.74 Å². The van der Waals surface area contributed by atoms with Crippen molar-refractivity contribution in [2.24, 2.45) is 0 Å². The van der Waals surface area contributed by atoms with Crippen LogP contribution in [0.25, 0.3) is 0 Å². The number of hydrogen-bond donors (Lipinski definition) is 0. The number of carbonyl (C=O) groups is 1. The average Bonchev–Trinajstić information content (AvgIpc) is 2.26. The third-order valence-electron chi connectivity index (χ3n) is 1.99. The minimum Gasteiger partial charge on any atom is -0.467 e. The second kappa shape index (κ2) is 4.61. The highest BCUT2D eigenvalue weighted by atomic mass is 32.2. The highest BCUT2D eigenvalue weighted by Gasteiger charge is 2.21. The van der Waals surface area contributed by atoms with Crippen molar-refractivity contribution in [1.29, 1.82) is 0 Å². The first-order valence-electron chi connectivity index (χ1n) is 4.38. The van der Waals surface area contributed by atoms with Crippen LogP contribution in [0.4, 0.5) is 4.39 Å². The molecule has 0 aromatic heterocycles. The number of esters is 1. The molecule has 1 aromatic rings. The Labute approximate surface area is 93.0 Å². The van der Waals surface area contributed by atoms with Gasteiger partial charge in [-0.2, -0.15) is 0 Å². The quantitative estimate of drug-likeness (QED) is 0.754. The van der Waals surface area contributed by atoms with Crippen molar-refractivity contribution in [3.05, 3.63) is 29.8 Å². The Morgan fingerprint density at radius 1 is 1.44 bits per heavy atom. The molecule has 88 valence electrons. The summed E-state index contributed by atoms with van der Waals surface area (Å²) in [5.41, 5.74) is -0.0326. The largest absolute Gasteiger partial charge is 0.467 e. The van der Waals surface area contributed by atoms with E-state index in [1.165, 1.54) is 18.2 Å². The van der Waals surface area contributed by atoms with E-state index in [1.807, 2.05) is 0 Å². The fourth-order valence-corrected chi connectivity index (χ4v) is 1.82. The maximum Gasteiger partial charge on any atom is 0.345 e. The van der Waals surface area contributed by atoms with Crippen molar-refractivity contribution in [2.45, 2.75) is 11.1 Å². The van der Waals surface area contributed by atoms with Gasteiger partial charge < -0.3 is 4.74 Å². The van der Waals surface area contributed by atoms with Gasteiger partial charge in [-0.05, 0) is 17.7 Å². The second-order valence-corrected chi connectivity index (χ2v) is 5.25. The molecule has 0 heterocycles. The van der Waals surface area contributed by atoms with E-state index < -0.39 is 22.0 Å². The minimum absolute atomic E-state index is 0.0310. The zero-order chi connectivity index (χ0) is 12.3. The monoisotopic (exact) mass is 246 g/mol. The van der Waals surface area contributed by atoms with Gasteiger partial charge in [0.25, 0.3) is 0 Å². The van der Waals surface area contributed by atoms with E-state index in [4.69, 9.17) is 0 Å². The molecule has 0 N–H and O–H groups in total. The Bertz CT molecular complexity index is 495. The Morgan fingerprint density at radius 3 is 2.56 bits per heavy atom. The molecular formula is C10H11FO4S. The van der Waals surface area contributed by atoms with Crippen LogP contribution >= 0.6 is 0 Å². The zero-order valence-electron chi connectivity index (χ0n) is 8.81. The first-order chi connectivity index (χ1) is 7.36. The fraction of sp³-hybridized carbons (Fsp3) is 0.300. The van der Waals surface area contributed by atoms with Gasteiger partial charge in [0.05, 0.1) is 12.0 Å². The lowest BCUT2D eigenvalue weighted by molar-refractivity contribution is -0.146. The lowest BCUT2D eigenvalue weighted by Crippen LogP contribution is -2.10. The second-order valence-electron chi connectivity index (χ2n) is 3.23. The molecule has 0 aliphatic heterocycles. The number of carbonyl (C=O) groups excluding carboxylic acids is 1. The maximum atomic E-state index is 13.4. The van der Waals surface area contributed by atoms with Gasteiger partial charge in [-0.1, -0.05) is 12.1 Å². The van der Waals surface area contributed by atoms with E-state index >= 15 is 0 Å². The first-order valence-corrected chi connectivity index (χ1v) is 6.27. The molecule has 0 fully saturated rings. The van der Waals surface area contributed by atoms with Crippen LogP contribution in [0, 0.1) is 0 Å². The third-order valence-corrected chi connectivity index (χ3v) is 3.10. The molecule has 0 aliphatic carbocycles. The minimum atomic E-state index is -3.41. The molecular weight excluding hydrogens is 235 g/mol. The van der Waals surface area contributed by atoms with Crippen LogP contribution in [-0.4, -0.2) is 27.8 Å². The summed E-state index contributed by atoms with van der Waals surface area (Å²) >= 11 is 0. The van der Waals surface area contributed by atoms with E-state index in [0.29, 0.717) is 0 Å². The highest BCUT2D eigenvalue weighted by Crippen LogP contribution is 2.21. The molecule has 4 nitrogen and oxygen atoms in total. The summed E-state index contributed by atoms with van der Waals surface area (Å²) in [7, 11) is -2.35. The van der Waals surface area contributed by atoms with Crippen LogP contribution in [0.2, 0.25) is 0 Å². The SMILES string of the molecule is COC(=O)C(F)c1cccc(S(C)(=O)=O)c1. The van der Waals surface area contributed by atoms with Crippen molar-refractivity contribution in [3.63, 3.8) is 0 Å². The van der Waals surface area contributed by atoms with Crippen LogP contribution in [0.3, 0.4) is 0 Å². The first kappa shape index (κ1) is 12.6. The lowest BCUT2D eigenvalue weighted by Gasteiger charge is -2.07. The number of rotatable bonds is 3. The van der Waals surface area contributed by atoms with Gasteiger partial charge in [-0.3, -0.25) is 0 Å². The molecule has 1 atom stereocenters. The summed E-state index contributed by atoms with van der Waals surface area (Å²) < 4.78 is 40.1. The number of sulfone groups is 1. The van der Waals surface area contributed by atoms with Crippen LogP contribution < -0.4 is 0 Å². The molecule has 0 aliphatic rings. The Morgan fingerprint density at radius 2 is 2.06 bits per heavy atom. The molecule has 0 bridgehead atoms. The predicted octanol–water partition coefficient (Wildman–Crippen LogP) is 1.27. The summed E-state index contributed by atoms with van der Waals surface area (Å²) in [5.74, 6) is -1.05. The van der Waals surface area contributed by atoms with Gasteiger partial charge >= 0.3 is 5.97 Å². The molecule has 1 unspecified atom stereocenters.